The molecule has 1 aromatic carbocycles. The number of aryl methyl sites for hydroxylation is 1. The van der Waals surface area contributed by atoms with Crippen molar-refractivity contribution in [3.05, 3.63) is 58.2 Å². The highest BCUT2D eigenvalue weighted by molar-refractivity contribution is 5.58. The van der Waals surface area contributed by atoms with Crippen molar-refractivity contribution in [1.29, 1.82) is 0 Å². The van der Waals surface area contributed by atoms with Crippen LogP contribution in [0.1, 0.15) is 11.5 Å². The van der Waals surface area contributed by atoms with Gasteiger partial charge in [0.05, 0.1) is 18.5 Å². The van der Waals surface area contributed by atoms with Crippen LogP contribution in [-0.4, -0.2) is 47.7 Å². The van der Waals surface area contributed by atoms with E-state index in [-0.39, 0.29) is 5.56 Å². The first-order valence-corrected chi connectivity index (χ1v) is 8.74. The molecule has 0 unspecified atom stereocenters. The largest absolute Gasteiger partial charge is 0.495 e. The molecule has 3 heterocycles. The molecular formula is C19H22N4O3. The maximum atomic E-state index is 12.2. The average Bonchev–Trinajstić information content (AvgIpc) is 3.03. The van der Waals surface area contributed by atoms with E-state index in [1.54, 1.807) is 19.2 Å². The van der Waals surface area contributed by atoms with E-state index in [0.717, 1.165) is 43.3 Å². The molecule has 7 heteroatoms. The highest BCUT2D eigenvalue weighted by atomic mass is 16.5. The molecule has 0 atom stereocenters. The van der Waals surface area contributed by atoms with Gasteiger partial charge < -0.3 is 14.2 Å². The zero-order valence-corrected chi connectivity index (χ0v) is 15.0. The van der Waals surface area contributed by atoms with Crippen molar-refractivity contribution in [3.8, 4) is 5.75 Å². The number of ether oxygens (including phenoxy) is 1. The molecule has 2 aromatic heterocycles. The third-order valence-electron chi connectivity index (χ3n) is 4.71. The number of fused-ring (bicyclic) bond motifs is 1. The number of hydrogen-bond acceptors (Lipinski definition) is 6. The Labute approximate surface area is 151 Å². The molecule has 1 aliphatic heterocycles. The van der Waals surface area contributed by atoms with Gasteiger partial charge in [0.1, 0.15) is 11.5 Å². The van der Waals surface area contributed by atoms with Crippen LogP contribution in [0.15, 0.2) is 45.7 Å². The predicted octanol–water partition coefficient (Wildman–Crippen LogP) is 1.93. The van der Waals surface area contributed by atoms with E-state index in [1.807, 2.05) is 25.1 Å². The highest BCUT2D eigenvalue weighted by Crippen LogP contribution is 2.28. The van der Waals surface area contributed by atoms with E-state index in [0.29, 0.717) is 18.0 Å². The van der Waals surface area contributed by atoms with Gasteiger partial charge in [-0.15, -0.1) is 4.57 Å². The fourth-order valence-electron chi connectivity index (χ4n) is 3.42. The smallest absolute Gasteiger partial charge is 0.287 e. The fraction of sp³-hybridized carbons (Fsp3) is 0.368. The molecule has 4 rings (SSSR count). The molecule has 1 saturated heterocycles. The van der Waals surface area contributed by atoms with Gasteiger partial charge in [-0.2, -0.15) is 0 Å². The van der Waals surface area contributed by atoms with E-state index in [4.69, 9.17) is 9.26 Å². The number of methoxy groups -OCH3 is 1. The van der Waals surface area contributed by atoms with Crippen molar-refractivity contribution < 1.29 is 9.26 Å². The third-order valence-corrected chi connectivity index (χ3v) is 4.71. The lowest BCUT2D eigenvalue weighted by Gasteiger charge is -2.36. The van der Waals surface area contributed by atoms with Gasteiger partial charge in [-0.1, -0.05) is 12.1 Å². The molecule has 7 nitrogen and oxygen atoms in total. The number of rotatable bonds is 4. The average molecular weight is 354 g/mol. The minimum atomic E-state index is -0.175. The first kappa shape index (κ1) is 16.7. The van der Waals surface area contributed by atoms with Gasteiger partial charge in [0, 0.05) is 44.9 Å². The second-order valence-corrected chi connectivity index (χ2v) is 6.52. The zero-order chi connectivity index (χ0) is 18.1. The monoisotopic (exact) mass is 354 g/mol. The molecule has 0 amide bonds. The summed E-state index contributed by atoms with van der Waals surface area (Å²) < 4.78 is 12.0. The summed E-state index contributed by atoms with van der Waals surface area (Å²) in [5.41, 5.74) is 2.30. The quantitative estimate of drug-likeness (QED) is 0.713. The van der Waals surface area contributed by atoms with Crippen LogP contribution >= 0.6 is 0 Å². The van der Waals surface area contributed by atoms with Crippen molar-refractivity contribution in [2.75, 3.05) is 38.2 Å². The van der Waals surface area contributed by atoms with Crippen LogP contribution in [-0.2, 0) is 6.54 Å². The molecule has 0 N–H and O–H groups in total. The second kappa shape index (κ2) is 6.84. The number of para-hydroxylation sites is 2. The third kappa shape index (κ3) is 3.17. The summed E-state index contributed by atoms with van der Waals surface area (Å²) in [6.45, 7) is 6.10. The summed E-state index contributed by atoms with van der Waals surface area (Å²) in [5.74, 6) is 1.58. The van der Waals surface area contributed by atoms with E-state index >= 15 is 0 Å². The lowest BCUT2D eigenvalue weighted by Crippen LogP contribution is -2.46. The molecule has 0 radical (unpaired) electrons. The van der Waals surface area contributed by atoms with Crippen molar-refractivity contribution in [3.63, 3.8) is 0 Å². The van der Waals surface area contributed by atoms with Crippen LogP contribution in [0.25, 0.3) is 5.65 Å². The first-order chi connectivity index (χ1) is 12.6. The molecule has 26 heavy (non-hydrogen) atoms. The lowest BCUT2D eigenvalue weighted by atomic mass is 10.2. The SMILES string of the molecule is COc1ccccc1N1CCN(Cc2cc(=O)n3oc(C)cc3n2)CC1. The molecule has 136 valence electrons. The number of anilines is 1. The zero-order valence-electron chi connectivity index (χ0n) is 15.0. The number of nitrogens with zero attached hydrogens (tertiary/aromatic N) is 4. The molecular weight excluding hydrogens is 332 g/mol. The summed E-state index contributed by atoms with van der Waals surface area (Å²) >= 11 is 0. The van der Waals surface area contributed by atoms with Crippen LogP contribution in [0.5, 0.6) is 5.75 Å². The van der Waals surface area contributed by atoms with E-state index in [2.05, 4.69) is 20.9 Å². The van der Waals surface area contributed by atoms with E-state index in [9.17, 15) is 4.79 Å². The van der Waals surface area contributed by atoms with Gasteiger partial charge in [-0.25, -0.2) is 4.98 Å². The van der Waals surface area contributed by atoms with Gasteiger partial charge in [-0.05, 0) is 19.1 Å². The fourth-order valence-corrected chi connectivity index (χ4v) is 3.42. The summed E-state index contributed by atoms with van der Waals surface area (Å²) in [4.78, 5) is 21.4. The Hall–Kier alpha value is -2.80. The van der Waals surface area contributed by atoms with Crippen LogP contribution in [0, 0.1) is 6.92 Å². The number of piperazine rings is 1. The Kier molecular flexibility index (Phi) is 4.38. The maximum absolute atomic E-state index is 12.2. The second-order valence-electron chi connectivity index (χ2n) is 6.52. The van der Waals surface area contributed by atoms with Crippen LogP contribution < -0.4 is 15.2 Å². The Morgan fingerprint density at radius 2 is 1.92 bits per heavy atom. The normalized spacial score (nSPS) is 15.5. The Balaban J connectivity index is 1.45. The van der Waals surface area contributed by atoms with E-state index in [1.165, 1.54) is 4.57 Å². The van der Waals surface area contributed by atoms with Gasteiger partial charge in [0.25, 0.3) is 5.56 Å². The number of hydrogen-bond donors (Lipinski definition) is 0. The maximum Gasteiger partial charge on any atom is 0.287 e. The molecule has 1 fully saturated rings. The van der Waals surface area contributed by atoms with Crippen LogP contribution in [0.2, 0.25) is 0 Å². The predicted molar refractivity (Wildman–Crippen MR) is 98.9 cm³/mol. The minimum Gasteiger partial charge on any atom is -0.495 e. The van der Waals surface area contributed by atoms with Gasteiger partial charge in [0.15, 0.2) is 5.65 Å². The van der Waals surface area contributed by atoms with Crippen molar-refractivity contribution in [2.24, 2.45) is 0 Å². The van der Waals surface area contributed by atoms with Crippen molar-refractivity contribution >= 4 is 11.3 Å². The Morgan fingerprint density at radius 3 is 2.69 bits per heavy atom. The topological polar surface area (TPSA) is 63.2 Å². The number of aromatic nitrogens is 2. The Bertz CT molecular complexity index is 970. The highest BCUT2D eigenvalue weighted by Gasteiger charge is 2.20. The molecule has 3 aromatic rings. The molecule has 0 bridgehead atoms. The number of benzene rings is 1. The first-order valence-electron chi connectivity index (χ1n) is 8.74. The van der Waals surface area contributed by atoms with Gasteiger partial charge >= 0.3 is 0 Å². The van der Waals surface area contributed by atoms with Crippen molar-refractivity contribution in [2.45, 2.75) is 13.5 Å². The molecule has 0 spiro atoms. The van der Waals surface area contributed by atoms with Crippen LogP contribution in [0.3, 0.4) is 0 Å². The van der Waals surface area contributed by atoms with Crippen LogP contribution in [0.4, 0.5) is 5.69 Å². The summed E-state index contributed by atoms with van der Waals surface area (Å²) in [5, 5.41) is 0. The summed E-state index contributed by atoms with van der Waals surface area (Å²) in [6.07, 6.45) is 0. The standard InChI is InChI=1S/C19H22N4O3/c1-14-11-18-20-15(12-19(24)23(18)26-14)13-21-7-9-22(10-8-21)16-5-3-4-6-17(16)25-2/h3-6,11-12H,7-10,13H2,1-2H3. The summed E-state index contributed by atoms with van der Waals surface area (Å²) in [6, 6.07) is 11.4. The summed E-state index contributed by atoms with van der Waals surface area (Å²) in [7, 11) is 1.70. The van der Waals surface area contributed by atoms with Gasteiger partial charge in [0.2, 0.25) is 0 Å². The van der Waals surface area contributed by atoms with Crippen molar-refractivity contribution in [1.82, 2.24) is 14.5 Å². The van der Waals surface area contributed by atoms with E-state index < -0.39 is 0 Å². The molecule has 0 saturated carbocycles. The molecule has 0 aliphatic carbocycles. The minimum absolute atomic E-state index is 0.175. The lowest BCUT2D eigenvalue weighted by molar-refractivity contribution is 0.246. The van der Waals surface area contributed by atoms with Gasteiger partial charge in [-0.3, -0.25) is 9.69 Å². The molecule has 1 aliphatic rings. The Morgan fingerprint density at radius 1 is 1.15 bits per heavy atom.